The summed E-state index contributed by atoms with van der Waals surface area (Å²) in [6.07, 6.45) is 0. The second-order valence-electron chi connectivity index (χ2n) is 6.19. The number of carbonyl (C=O) groups is 1. The number of methoxy groups -OCH3 is 1. The van der Waals surface area contributed by atoms with Gasteiger partial charge in [-0.3, -0.25) is 19.1 Å². The van der Waals surface area contributed by atoms with Crippen LogP contribution in [0.2, 0.25) is 0 Å². The first kappa shape index (κ1) is 18.3. The number of ether oxygens (including phenoxy) is 2. The SMILES string of the molecule is COC(=O)Cn1c(CN2CCOCC2)nc2scc(-c3cccs3)c2c1=O. The van der Waals surface area contributed by atoms with Gasteiger partial charge in [0.15, 0.2) is 0 Å². The normalized spacial score (nSPS) is 15.3. The van der Waals surface area contributed by atoms with Crippen molar-refractivity contribution in [2.75, 3.05) is 33.4 Å². The molecule has 27 heavy (non-hydrogen) atoms. The maximum Gasteiger partial charge on any atom is 0.325 e. The molecule has 3 aromatic rings. The summed E-state index contributed by atoms with van der Waals surface area (Å²) in [5.41, 5.74) is 0.678. The van der Waals surface area contributed by atoms with Gasteiger partial charge in [0.25, 0.3) is 5.56 Å². The third-order valence-electron chi connectivity index (χ3n) is 4.54. The van der Waals surface area contributed by atoms with Gasteiger partial charge in [-0.05, 0) is 11.4 Å². The van der Waals surface area contributed by atoms with Gasteiger partial charge in [-0.25, -0.2) is 4.98 Å². The number of nitrogens with zero attached hydrogens (tertiary/aromatic N) is 3. The number of fused-ring (bicyclic) bond motifs is 1. The van der Waals surface area contributed by atoms with Crippen LogP contribution in [0.3, 0.4) is 0 Å². The number of rotatable bonds is 5. The van der Waals surface area contributed by atoms with Crippen molar-refractivity contribution < 1.29 is 14.3 Å². The fourth-order valence-electron chi connectivity index (χ4n) is 3.12. The van der Waals surface area contributed by atoms with E-state index in [0.29, 0.717) is 35.8 Å². The van der Waals surface area contributed by atoms with Gasteiger partial charge in [0, 0.05) is 28.9 Å². The minimum atomic E-state index is -0.464. The lowest BCUT2D eigenvalue weighted by atomic mass is 10.2. The predicted molar refractivity (Wildman–Crippen MR) is 105 cm³/mol. The van der Waals surface area contributed by atoms with Crippen molar-refractivity contribution in [3.63, 3.8) is 0 Å². The molecule has 4 heterocycles. The van der Waals surface area contributed by atoms with E-state index in [1.54, 1.807) is 11.3 Å². The van der Waals surface area contributed by atoms with Crippen molar-refractivity contribution in [3.8, 4) is 10.4 Å². The van der Waals surface area contributed by atoms with Crippen LogP contribution in [0.15, 0.2) is 27.7 Å². The van der Waals surface area contributed by atoms with E-state index in [4.69, 9.17) is 14.5 Å². The van der Waals surface area contributed by atoms with Crippen LogP contribution in [0.4, 0.5) is 0 Å². The van der Waals surface area contributed by atoms with Crippen LogP contribution in [0, 0.1) is 0 Å². The fourth-order valence-corrected chi connectivity index (χ4v) is 4.89. The number of hydrogen-bond acceptors (Lipinski definition) is 8. The molecule has 0 aromatic carbocycles. The average molecular weight is 406 g/mol. The van der Waals surface area contributed by atoms with E-state index in [1.807, 2.05) is 22.9 Å². The Hall–Kier alpha value is -2.07. The lowest BCUT2D eigenvalue weighted by Crippen LogP contribution is -2.38. The summed E-state index contributed by atoms with van der Waals surface area (Å²) >= 11 is 3.04. The molecule has 0 saturated carbocycles. The van der Waals surface area contributed by atoms with Gasteiger partial charge in [0.2, 0.25) is 0 Å². The highest BCUT2D eigenvalue weighted by Gasteiger charge is 2.21. The maximum absolute atomic E-state index is 13.3. The summed E-state index contributed by atoms with van der Waals surface area (Å²) in [6, 6.07) is 3.94. The highest BCUT2D eigenvalue weighted by Crippen LogP contribution is 2.33. The van der Waals surface area contributed by atoms with Gasteiger partial charge in [-0.2, -0.15) is 0 Å². The van der Waals surface area contributed by atoms with Gasteiger partial charge < -0.3 is 9.47 Å². The first-order valence-electron chi connectivity index (χ1n) is 8.59. The van der Waals surface area contributed by atoms with E-state index >= 15 is 0 Å². The minimum absolute atomic E-state index is 0.141. The third-order valence-corrected chi connectivity index (χ3v) is 6.32. The van der Waals surface area contributed by atoms with Crippen LogP contribution in [-0.4, -0.2) is 53.8 Å². The molecule has 1 saturated heterocycles. The highest BCUT2D eigenvalue weighted by atomic mass is 32.1. The Morgan fingerprint density at radius 3 is 2.85 bits per heavy atom. The molecule has 0 atom stereocenters. The predicted octanol–water partition coefficient (Wildman–Crippen LogP) is 2.19. The average Bonchev–Trinajstić information content (AvgIpc) is 3.35. The number of esters is 1. The zero-order chi connectivity index (χ0) is 18.8. The van der Waals surface area contributed by atoms with E-state index < -0.39 is 5.97 Å². The number of thiophene rings is 2. The summed E-state index contributed by atoms with van der Waals surface area (Å²) in [4.78, 5) is 33.9. The maximum atomic E-state index is 13.3. The van der Waals surface area contributed by atoms with Crippen molar-refractivity contribution >= 4 is 38.9 Å². The zero-order valence-electron chi connectivity index (χ0n) is 14.8. The molecule has 0 amide bonds. The Morgan fingerprint density at radius 2 is 2.15 bits per heavy atom. The Kier molecular flexibility index (Phi) is 5.35. The number of hydrogen-bond donors (Lipinski definition) is 0. The number of aromatic nitrogens is 2. The van der Waals surface area contributed by atoms with Crippen molar-refractivity contribution in [2.45, 2.75) is 13.1 Å². The quantitative estimate of drug-likeness (QED) is 0.606. The molecular formula is C18H19N3O4S2. The summed E-state index contributed by atoms with van der Waals surface area (Å²) in [6.45, 7) is 3.22. The van der Waals surface area contributed by atoms with E-state index in [-0.39, 0.29) is 12.1 Å². The van der Waals surface area contributed by atoms with Gasteiger partial charge >= 0.3 is 5.97 Å². The lowest BCUT2D eigenvalue weighted by molar-refractivity contribution is -0.141. The zero-order valence-corrected chi connectivity index (χ0v) is 16.5. The number of morpholine rings is 1. The standard InChI is InChI=1S/C18H19N3O4S2/c1-24-15(22)10-21-14(9-20-4-6-25-7-5-20)19-17-16(18(21)23)12(11-27-17)13-3-2-8-26-13/h2-3,8,11H,4-7,9-10H2,1H3. The molecule has 0 spiro atoms. The second-order valence-corrected chi connectivity index (χ2v) is 8.00. The van der Waals surface area contributed by atoms with Crippen LogP contribution in [0.5, 0.6) is 0 Å². The summed E-state index contributed by atoms with van der Waals surface area (Å²) in [5, 5.41) is 4.51. The van der Waals surface area contributed by atoms with Gasteiger partial charge in [-0.1, -0.05) is 6.07 Å². The summed E-state index contributed by atoms with van der Waals surface area (Å²) < 4.78 is 11.6. The van der Waals surface area contributed by atoms with Crippen molar-refractivity contribution in [2.24, 2.45) is 0 Å². The van der Waals surface area contributed by atoms with Gasteiger partial charge in [0.1, 0.15) is 17.2 Å². The molecule has 142 valence electrons. The fraction of sp³-hybridized carbons (Fsp3) is 0.389. The highest BCUT2D eigenvalue weighted by molar-refractivity contribution is 7.18. The van der Waals surface area contributed by atoms with E-state index in [2.05, 4.69) is 4.90 Å². The Labute approximate surface area is 163 Å². The molecule has 0 N–H and O–H groups in total. The van der Waals surface area contributed by atoms with Crippen molar-refractivity contribution in [3.05, 3.63) is 39.1 Å². The molecule has 9 heteroatoms. The minimum Gasteiger partial charge on any atom is -0.468 e. The number of carbonyl (C=O) groups excluding carboxylic acids is 1. The van der Waals surface area contributed by atoms with E-state index in [1.165, 1.54) is 23.0 Å². The third kappa shape index (κ3) is 3.68. The first-order chi connectivity index (χ1) is 13.2. The first-order valence-corrected chi connectivity index (χ1v) is 10.3. The molecule has 3 aromatic heterocycles. The molecule has 0 unspecified atom stereocenters. The molecule has 1 aliphatic rings. The van der Waals surface area contributed by atoms with Crippen LogP contribution in [0.1, 0.15) is 5.82 Å². The smallest absolute Gasteiger partial charge is 0.325 e. The topological polar surface area (TPSA) is 73.7 Å². The van der Waals surface area contributed by atoms with Crippen molar-refractivity contribution in [1.82, 2.24) is 14.5 Å². The molecule has 1 aliphatic heterocycles. The molecular weight excluding hydrogens is 386 g/mol. The van der Waals surface area contributed by atoms with Crippen LogP contribution in [-0.2, 0) is 27.4 Å². The largest absolute Gasteiger partial charge is 0.468 e. The van der Waals surface area contributed by atoms with Crippen molar-refractivity contribution in [1.29, 1.82) is 0 Å². The molecule has 4 rings (SSSR count). The van der Waals surface area contributed by atoms with E-state index in [9.17, 15) is 9.59 Å². The van der Waals surface area contributed by atoms with Crippen LogP contribution >= 0.6 is 22.7 Å². The molecule has 0 aliphatic carbocycles. The summed E-state index contributed by atoms with van der Waals surface area (Å²) in [7, 11) is 1.32. The summed E-state index contributed by atoms with van der Waals surface area (Å²) in [5.74, 6) is 0.119. The van der Waals surface area contributed by atoms with Crippen LogP contribution in [0.25, 0.3) is 20.7 Å². The van der Waals surface area contributed by atoms with E-state index in [0.717, 1.165) is 23.5 Å². The second kappa shape index (κ2) is 7.89. The molecule has 0 radical (unpaired) electrons. The Bertz CT molecular complexity index is 1000. The monoisotopic (exact) mass is 405 g/mol. The molecule has 0 bridgehead atoms. The van der Waals surface area contributed by atoms with Crippen LogP contribution < -0.4 is 5.56 Å². The Morgan fingerprint density at radius 1 is 1.33 bits per heavy atom. The lowest BCUT2D eigenvalue weighted by Gasteiger charge is -2.27. The van der Waals surface area contributed by atoms with Gasteiger partial charge in [-0.15, -0.1) is 22.7 Å². The molecule has 7 nitrogen and oxygen atoms in total. The molecule has 1 fully saturated rings. The Balaban J connectivity index is 1.82. The van der Waals surface area contributed by atoms with Gasteiger partial charge in [0.05, 0.1) is 32.3 Å².